The maximum absolute atomic E-state index is 13.3. The van der Waals surface area contributed by atoms with Crippen LogP contribution in [0.2, 0.25) is 0 Å². The molecule has 0 radical (unpaired) electrons. The van der Waals surface area contributed by atoms with Gasteiger partial charge in [-0.25, -0.2) is 18.1 Å². The molecule has 1 aliphatic heterocycles. The first-order chi connectivity index (χ1) is 11.6. The molecule has 26 heavy (non-hydrogen) atoms. The first-order valence-corrected chi connectivity index (χ1v) is 9.61. The third kappa shape index (κ3) is 6.38. The number of imidazole rings is 1. The largest absolute Gasteiger partial charge is 0.405 e. The second kappa shape index (κ2) is 9.36. The van der Waals surface area contributed by atoms with Gasteiger partial charge in [0.15, 0.2) is 5.03 Å². The number of piperazine rings is 1. The molecule has 2 N–H and O–H groups in total. The highest BCUT2D eigenvalue weighted by Gasteiger charge is 2.44. The lowest BCUT2D eigenvalue weighted by Crippen LogP contribution is -2.57. The molecular weight excluding hydrogens is 395 g/mol. The Morgan fingerprint density at radius 1 is 1.31 bits per heavy atom. The maximum Gasteiger partial charge on any atom is 0.405 e. The van der Waals surface area contributed by atoms with E-state index in [0.29, 0.717) is 25.6 Å². The minimum absolute atomic E-state index is 0. The van der Waals surface area contributed by atoms with Crippen LogP contribution in [0.4, 0.5) is 13.2 Å². The minimum atomic E-state index is -4.52. The number of nitrogens with one attached hydrogen (secondary N) is 2. The van der Waals surface area contributed by atoms with E-state index in [1.165, 1.54) is 17.4 Å². The Hall–Kier alpha value is -0.880. The number of rotatable bonds is 7. The topological polar surface area (TPSA) is 79.3 Å². The number of nitrogens with zero attached hydrogens (tertiary/aromatic N) is 3. The van der Waals surface area contributed by atoms with Crippen molar-refractivity contribution >= 4 is 22.4 Å². The second-order valence-electron chi connectivity index (χ2n) is 6.50. The van der Waals surface area contributed by atoms with Crippen LogP contribution >= 0.6 is 12.4 Å². The molecule has 1 aliphatic rings. The molecule has 1 saturated heterocycles. The summed E-state index contributed by atoms with van der Waals surface area (Å²) in [5.41, 5.74) is 0. The zero-order chi connectivity index (χ0) is 18.7. The van der Waals surface area contributed by atoms with E-state index >= 15 is 0 Å². The van der Waals surface area contributed by atoms with E-state index in [1.807, 2.05) is 13.8 Å². The molecular formula is C14H25ClF3N5O2S. The summed E-state index contributed by atoms with van der Waals surface area (Å²) in [5, 5.41) is 2.71. The van der Waals surface area contributed by atoms with E-state index in [1.54, 1.807) is 4.57 Å². The van der Waals surface area contributed by atoms with Gasteiger partial charge >= 0.3 is 6.18 Å². The van der Waals surface area contributed by atoms with Crippen LogP contribution in [0, 0.1) is 5.92 Å². The van der Waals surface area contributed by atoms with Crippen molar-refractivity contribution in [2.24, 2.45) is 5.92 Å². The monoisotopic (exact) mass is 419 g/mol. The minimum Gasteiger partial charge on any atom is -0.336 e. The van der Waals surface area contributed by atoms with Gasteiger partial charge in [0.05, 0.1) is 6.33 Å². The molecule has 2 rings (SSSR count). The number of sulfonamides is 1. The van der Waals surface area contributed by atoms with Gasteiger partial charge in [0.25, 0.3) is 10.0 Å². The number of halogens is 4. The van der Waals surface area contributed by atoms with Crippen LogP contribution < -0.4 is 10.0 Å². The molecule has 0 aliphatic carbocycles. The van der Waals surface area contributed by atoms with Crippen molar-refractivity contribution in [1.82, 2.24) is 24.5 Å². The fourth-order valence-corrected chi connectivity index (χ4v) is 3.69. The molecule has 1 aromatic heterocycles. The van der Waals surface area contributed by atoms with E-state index in [-0.39, 0.29) is 30.5 Å². The molecule has 0 bridgehead atoms. The predicted octanol–water partition coefficient (Wildman–Crippen LogP) is 1.08. The van der Waals surface area contributed by atoms with Crippen molar-refractivity contribution in [3.8, 4) is 0 Å². The lowest BCUT2D eigenvalue weighted by atomic mass is 10.2. The molecule has 1 atom stereocenters. The molecule has 2 heterocycles. The Kier molecular flexibility index (Phi) is 8.33. The fraction of sp³-hybridized carbons (Fsp3) is 0.786. The summed E-state index contributed by atoms with van der Waals surface area (Å²) < 4.78 is 68.1. The maximum atomic E-state index is 13.3. The third-order valence-corrected chi connectivity index (χ3v) is 5.21. The van der Waals surface area contributed by atoms with Crippen molar-refractivity contribution in [3.63, 3.8) is 0 Å². The van der Waals surface area contributed by atoms with E-state index < -0.39 is 28.8 Å². The smallest absolute Gasteiger partial charge is 0.336 e. The number of hydrogen-bond donors (Lipinski definition) is 2. The van der Waals surface area contributed by atoms with Gasteiger partial charge in [-0.15, -0.1) is 12.4 Å². The molecule has 152 valence electrons. The van der Waals surface area contributed by atoms with Gasteiger partial charge in [0.1, 0.15) is 6.04 Å². The SMILES string of the molecule is CC(C)Cn1cnc(S(=O)(=O)NCC(N2CCNCC2)C(F)(F)F)c1.Cl. The van der Waals surface area contributed by atoms with Crippen LogP contribution in [0.5, 0.6) is 0 Å². The first-order valence-electron chi connectivity index (χ1n) is 8.12. The summed E-state index contributed by atoms with van der Waals surface area (Å²) in [6.07, 6.45) is -1.82. The molecule has 0 aromatic carbocycles. The highest BCUT2D eigenvalue weighted by molar-refractivity contribution is 7.89. The van der Waals surface area contributed by atoms with Crippen molar-refractivity contribution < 1.29 is 21.6 Å². The molecule has 0 amide bonds. The van der Waals surface area contributed by atoms with Crippen LogP contribution in [0.15, 0.2) is 17.6 Å². The van der Waals surface area contributed by atoms with Gasteiger partial charge in [-0.05, 0) is 5.92 Å². The Balaban J connectivity index is 0.00000338. The molecule has 0 saturated carbocycles. The van der Waals surface area contributed by atoms with Crippen molar-refractivity contribution in [1.29, 1.82) is 0 Å². The van der Waals surface area contributed by atoms with Gasteiger partial charge in [0, 0.05) is 45.5 Å². The average molecular weight is 420 g/mol. The summed E-state index contributed by atoms with van der Waals surface area (Å²) in [6.45, 7) is 5.10. The van der Waals surface area contributed by atoms with Crippen LogP contribution in [-0.2, 0) is 16.6 Å². The normalized spacial score (nSPS) is 17.9. The molecule has 1 fully saturated rings. The number of alkyl halides is 3. The highest BCUT2D eigenvalue weighted by Crippen LogP contribution is 2.25. The molecule has 12 heteroatoms. The summed E-state index contributed by atoms with van der Waals surface area (Å²) in [5.74, 6) is 0.292. The molecule has 0 spiro atoms. The Morgan fingerprint density at radius 3 is 2.46 bits per heavy atom. The Bertz CT molecular complexity index is 660. The van der Waals surface area contributed by atoms with E-state index in [4.69, 9.17) is 0 Å². The van der Waals surface area contributed by atoms with E-state index in [0.717, 1.165) is 0 Å². The zero-order valence-electron chi connectivity index (χ0n) is 14.7. The van der Waals surface area contributed by atoms with Gasteiger partial charge in [-0.1, -0.05) is 13.8 Å². The number of aromatic nitrogens is 2. The van der Waals surface area contributed by atoms with Crippen LogP contribution in [-0.4, -0.2) is 67.8 Å². The summed E-state index contributed by atoms with van der Waals surface area (Å²) in [4.78, 5) is 5.05. The molecule has 7 nitrogen and oxygen atoms in total. The van der Waals surface area contributed by atoms with Crippen molar-refractivity contribution in [3.05, 3.63) is 12.5 Å². The van der Waals surface area contributed by atoms with E-state index in [9.17, 15) is 21.6 Å². The van der Waals surface area contributed by atoms with Gasteiger partial charge in [-0.2, -0.15) is 13.2 Å². The summed E-state index contributed by atoms with van der Waals surface area (Å²) >= 11 is 0. The van der Waals surface area contributed by atoms with Crippen molar-refractivity contribution in [2.75, 3.05) is 32.7 Å². The zero-order valence-corrected chi connectivity index (χ0v) is 16.3. The first kappa shape index (κ1) is 23.2. The number of hydrogen-bond acceptors (Lipinski definition) is 5. The lowest BCUT2D eigenvalue weighted by molar-refractivity contribution is -0.182. The van der Waals surface area contributed by atoms with Gasteiger partial charge in [-0.3, -0.25) is 4.90 Å². The Morgan fingerprint density at radius 2 is 1.92 bits per heavy atom. The van der Waals surface area contributed by atoms with E-state index in [2.05, 4.69) is 15.0 Å². The van der Waals surface area contributed by atoms with Crippen LogP contribution in [0.25, 0.3) is 0 Å². The third-order valence-electron chi connectivity index (χ3n) is 3.90. The standard InChI is InChI=1S/C14H24F3N5O2S.ClH/c1-11(2)8-21-9-13(19-10-21)25(23,24)20-7-12(14(15,16)17)22-5-3-18-4-6-22;/h9-12,18,20H,3-8H2,1-2H3;1H. The summed E-state index contributed by atoms with van der Waals surface area (Å²) in [7, 11) is -4.09. The van der Waals surface area contributed by atoms with Crippen LogP contribution in [0.3, 0.4) is 0 Å². The average Bonchev–Trinajstić information content (AvgIpc) is 2.95. The van der Waals surface area contributed by atoms with Crippen molar-refractivity contribution in [2.45, 2.75) is 37.6 Å². The predicted molar refractivity (Wildman–Crippen MR) is 93.8 cm³/mol. The molecule has 1 aromatic rings. The van der Waals surface area contributed by atoms with Gasteiger partial charge in [0.2, 0.25) is 0 Å². The lowest BCUT2D eigenvalue weighted by Gasteiger charge is -2.35. The summed E-state index contributed by atoms with van der Waals surface area (Å²) in [6, 6.07) is -1.86. The highest BCUT2D eigenvalue weighted by atomic mass is 35.5. The fourth-order valence-electron chi connectivity index (χ4n) is 2.71. The van der Waals surface area contributed by atoms with Crippen LogP contribution in [0.1, 0.15) is 13.8 Å². The quantitative estimate of drug-likeness (QED) is 0.691. The Labute approximate surface area is 157 Å². The van der Waals surface area contributed by atoms with Gasteiger partial charge < -0.3 is 9.88 Å². The second-order valence-corrected chi connectivity index (χ2v) is 8.21. The molecule has 1 unspecified atom stereocenters.